The summed E-state index contributed by atoms with van der Waals surface area (Å²) in [6.07, 6.45) is 5.55. The van der Waals surface area contributed by atoms with Crippen LogP contribution in [0.5, 0.6) is 0 Å². The summed E-state index contributed by atoms with van der Waals surface area (Å²) >= 11 is 0. The fraction of sp³-hybridized carbons (Fsp3) is 1.00. The van der Waals surface area contributed by atoms with Gasteiger partial charge in [0.15, 0.2) is 0 Å². The second-order valence-corrected chi connectivity index (χ2v) is 4.31. The maximum absolute atomic E-state index is 9.43. The van der Waals surface area contributed by atoms with Crippen LogP contribution in [0.4, 0.5) is 0 Å². The van der Waals surface area contributed by atoms with Crippen molar-refractivity contribution >= 4 is 0 Å². The first-order valence-corrected chi connectivity index (χ1v) is 4.82. The van der Waals surface area contributed by atoms with E-state index in [-0.39, 0.29) is 5.41 Å². The van der Waals surface area contributed by atoms with Crippen LogP contribution in [0.2, 0.25) is 0 Å². The summed E-state index contributed by atoms with van der Waals surface area (Å²) in [5.41, 5.74) is 0.254. The Balaban J connectivity index is 2.04. The summed E-state index contributed by atoms with van der Waals surface area (Å²) < 4.78 is 0. The van der Waals surface area contributed by atoms with E-state index in [1.165, 1.54) is 25.7 Å². The summed E-state index contributed by atoms with van der Waals surface area (Å²) in [5.74, 6) is 0. The molecule has 0 aromatic carbocycles. The number of nitrogens with one attached hydrogen (secondary N) is 1. The second kappa shape index (κ2) is 2.98. The lowest BCUT2D eigenvalue weighted by molar-refractivity contribution is -0.0558. The van der Waals surface area contributed by atoms with E-state index in [1.807, 2.05) is 0 Å². The Morgan fingerprint density at radius 2 is 1.50 bits per heavy atom. The normalized spacial score (nSPS) is 40.5. The highest BCUT2D eigenvalue weighted by atomic mass is 16.3. The van der Waals surface area contributed by atoms with Gasteiger partial charge in [-0.3, -0.25) is 5.32 Å². The molecule has 0 bridgehead atoms. The van der Waals surface area contributed by atoms with Crippen molar-refractivity contribution in [3.63, 3.8) is 0 Å². The van der Waals surface area contributed by atoms with Gasteiger partial charge in [-0.1, -0.05) is 12.8 Å². The van der Waals surface area contributed by atoms with Crippen LogP contribution >= 0.6 is 0 Å². The highest BCUT2D eigenvalue weighted by Crippen LogP contribution is 2.46. The molecule has 0 aromatic heterocycles. The first-order chi connectivity index (χ1) is 5.70. The Morgan fingerprint density at radius 1 is 1.00 bits per heavy atom. The van der Waals surface area contributed by atoms with Gasteiger partial charge in [-0.15, -0.1) is 0 Å². The molecule has 1 heterocycles. The molecule has 1 spiro atoms. The van der Waals surface area contributed by atoms with E-state index in [2.05, 4.69) is 5.32 Å². The molecule has 1 aliphatic heterocycles. The largest absolute Gasteiger partial charge is 0.379 e. The maximum Gasteiger partial charge on any atom is 0.107 e. The summed E-state index contributed by atoms with van der Waals surface area (Å²) in [5, 5.41) is 21.6. The van der Waals surface area contributed by atoms with Crippen LogP contribution in [-0.2, 0) is 0 Å². The minimum Gasteiger partial charge on any atom is -0.379 e. The molecule has 2 aliphatic rings. The SMILES string of the molecule is OC1CC2(CCCC2)CC(O)N1. The first kappa shape index (κ1) is 8.48. The second-order valence-electron chi connectivity index (χ2n) is 4.31. The van der Waals surface area contributed by atoms with Crippen molar-refractivity contribution in [1.82, 2.24) is 5.32 Å². The predicted molar refractivity (Wildman–Crippen MR) is 45.3 cm³/mol. The van der Waals surface area contributed by atoms with Crippen molar-refractivity contribution in [2.24, 2.45) is 5.41 Å². The molecule has 0 aromatic rings. The molecule has 0 amide bonds. The molecule has 3 N–H and O–H groups in total. The van der Waals surface area contributed by atoms with Gasteiger partial charge in [0, 0.05) is 0 Å². The van der Waals surface area contributed by atoms with Gasteiger partial charge in [0.05, 0.1) is 0 Å². The average Bonchev–Trinajstić information content (AvgIpc) is 2.33. The van der Waals surface area contributed by atoms with E-state index in [0.717, 1.165) is 12.8 Å². The van der Waals surface area contributed by atoms with Crippen LogP contribution < -0.4 is 5.32 Å². The summed E-state index contributed by atoms with van der Waals surface area (Å²) in [7, 11) is 0. The van der Waals surface area contributed by atoms with Crippen molar-refractivity contribution in [2.75, 3.05) is 0 Å². The third-order valence-electron chi connectivity index (χ3n) is 3.30. The van der Waals surface area contributed by atoms with Gasteiger partial charge in [-0.25, -0.2) is 0 Å². The highest BCUT2D eigenvalue weighted by Gasteiger charge is 2.41. The molecule has 2 fully saturated rings. The number of rotatable bonds is 0. The summed E-state index contributed by atoms with van der Waals surface area (Å²) in [6, 6.07) is 0. The van der Waals surface area contributed by atoms with E-state index in [4.69, 9.17) is 0 Å². The van der Waals surface area contributed by atoms with Crippen molar-refractivity contribution in [3.8, 4) is 0 Å². The van der Waals surface area contributed by atoms with Gasteiger partial charge in [0.1, 0.15) is 12.5 Å². The van der Waals surface area contributed by atoms with Crippen LogP contribution in [-0.4, -0.2) is 22.7 Å². The van der Waals surface area contributed by atoms with E-state index in [9.17, 15) is 10.2 Å². The molecule has 1 aliphatic carbocycles. The highest BCUT2D eigenvalue weighted by molar-refractivity contribution is 4.91. The smallest absolute Gasteiger partial charge is 0.107 e. The number of aliphatic hydroxyl groups excluding tert-OH is 2. The van der Waals surface area contributed by atoms with Crippen LogP contribution in [0.25, 0.3) is 0 Å². The minimum absolute atomic E-state index is 0.254. The third-order valence-corrected chi connectivity index (χ3v) is 3.30. The lowest BCUT2D eigenvalue weighted by Gasteiger charge is -2.39. The van der Waals surface area contributed by atoms with E-state index < -0.39 is 12.5 Å². The Hall–Kier alpha value is -0.120. The van der Waals surface area contributed by atoms with E-state index in [1.54, 1.807) is 0 Å². The quantitative estimate of drug-likeness (QED) is 0.499. The molecular formula is C9H17NO2. The van der Waals surface area contributed by atoms with Crippen molar-refractivity contribution < 1.29 is 10.2 Å². The Labute approximate surface area is 72.8 Å². The van der Waals surface area contributed by atoms with Gasteiger partial charge in [-0.2, -0.15) is 0 Å². The Morgan fingerprint density at radius 3 is 2.00 bits per heavy atom. The predicted octanol–water partition coefficient (Wildman–Crippen LogP) is 0.567. The van der Waals surface area contributed by atoms with E-state index >= 15 is 0 Å². The molecule has 2 rings (SSSR count). The zero-order valence-electron chi connectivity index (χ0n) is 7.29. The molecule has 2 unspecified atom stereocenters. The lowest BCUT2D eigenvalue weighted by atomic mass is 9.76. The number of hydrogen-bond acceptors (Lipinski definition) is 3. The topological polar surface area (TPSA) is 52.5 Å². The molecule has 12 heavy (non-hydrogen) atoms. The molecule has 3 heteroatoms. The third kappa shape index (κ3) is 1.49. The molecule has 70 valence electrons. The fourth-order valence-electron chi connectivity index (χ4n) is 2.78. The van der Waals surface area contributed by atoms with Crippen LogP contribution in [0.1, 0.15) is 38.5 Å². The Kier molecular flexibility index (Phi) is 2.10. The fourth-order valence-corrected chi connectivity index (χ4v) is 2.78. The molecule has 1 saturated heterocycles. The summed E-state index contributed by atoms with van der Waals surface area (Å²) in [6.45, 7) is 0. The molecule has 0 radical (unpaired) electrons. The minimum atomic E-state index is -0.494. The van der Waals surface area contributed by atoms with Crippen molar-refractivity contribution in [3.05, 3.63) is 0 Å². The monoisotopic (exact) mass is 171 g/mol. The lowest BCUT2D eigenvalue weighted by Crippen LogP contribution is -2.49. The summed E-state index contributed by atoms with van der Waals surface area (Å²) in [4.78, 5) is 0. The molecule has 1 saturated carbocycles. The van der Waals surface area contributed by atoms with Gasteiger partial charge in [-0.05, 0) is 31.1 Å². The zero-order chi connectivity index (χ0) is 8.60. The number of piperidine rings is 1. The van der Waals surface area contributed by atoms with Crippen LogP contribution in [0.15, 0.2) is 0 Å². The van der Waals surface area contributed by atoms with Crippen LogP contribution in [0.3, 0.4) is 0 Å². The van der Waals surface area contributed by atoms with Gasteiger partial charge >= 0.3 is 0 Å². The first-order valence-electron chi connectivity index (χ1n) is 4.82. The zero-order valence-corrected chi connectivity index (χ0v) is 7.29. The van der Waals surface area contributed by atoms with Crippen molar-refractivity contribution in [1.29, 1.82) is 0 Å². The van der Waals surface area contributed by atoms with Gasteiger partial charge in [0.25, 0.3) is 0 Å². The van der Waals surface area contributed by atoms with Gasteiger partial charge in [0.2, 0.25) is 0 Å². The van der Waals surface area contributed by atoms with Crippen molar-refractivity contribution in [2.45, 2.75) is 51.0 Å². The van der Waals surface area contributed by atoms with Gasteiger partial charge < -0.3 is 10.2 Å². The number of hydrogen-bond donors (Lipinski definition) is 3. The Bertz CT molecular complexity index is 154. The standard InChI is InChI=1S/C9H17NO2/c11-7-5-9(3-1-2-4-9)6-8(12)10-7/h7-8,10-12H,1-6H2. The average molecular weight is 171 g/mol. The molecule has 2 atom stereocenters. The molecular weight excluding hydrogens is 154 g/mol. The number of aliphatic hydroxyl groups is 2. The maximum atomic E-state index is 9.43. The molecule has 3 nitrogen and oxygen atoms in total. The van der Waals surface area contributed by atoms with Crippen LogP contribution in [0, 0.1) is 5.41 Å². The van der Waals surface area contributed by atoms with E-state index in [0.29, 0.717) is 0 Å².